The molecule has 0 bridgehead atoms. The number of nitrogens with one attached hydrogen (secondary N) is 1. The predicted molar refractivity (Wildman–Crippen MR) is 138 cm³/mol. The van der Waals surface area contributed by atoms with Crippen molar-refractivity contribution in [2.75, 3.05) is 6.54 Å². The SMILES string of the molecule is O=C(CN(Cc1ccc(Cl)c(Cl)c1)S(=O)(=O)c1ccc(Br)cc1)N/N=C/c1cccc(Br)c1. The molecule has 6 nitrogen and oxygen atoms in total. The van der Waals surface area contributed by atoms with Gasteiger partial charge >= 0.3 is 0 Å². The zero-order valence-corrected chi connectivity index (χ0v) is 22.4. The summed E-state index contributed by atoms with van der Waals surface area (Å²) in [4.78, 5) is 12.6. The lowest BCUT2D eigenvalue weighted by Gasteiger charge is -2.22. The number of halogens is 4. The van der Waals surface area contributed by atoms with Gasteiger partial charge < -0.3 is 0 Å². The maximum Gasteiger partial charge on any atom is 0.255 e. The van der Waals surface area contributed by atoms with Crippen molar-refractivity contribution in [3.05, 3.63) is 96.8 Å². The molecule has 0 heterocycles. The zero-order chi connectivity index (χ0) is 24.0. The van der Waals surface area contributed by atoms with Crippen molar-refractivity contribution in [1.29, 1.82) is 0 Å². The average Bonchev–Trinajstić information content (AvgIpc) is 2.76. The number of amides is 1. The van der Waals surface area contributed by atoms with Gasteiger partial charge in [-0.3, -0.25) is 4.79 Å². The molecule has 3 aromatic rings. The van der Waals surface area contributed by atoms with E-state index in [1.54, 1.807) is 30.3 Å². The monoisotopic (exact) mass is 631 g/mol. The van der Waals surface area contributed by atoms with E-state index in [2.05, 4.69) is 42.4 Å². The van der Waals surface area contributed by atoms with E-state index in [0.29, 0.717) is 15.6 Å². The number of nitrogens with zero attached hydrogens (tertiary/aromatic N) is 2. The van der Waals surface area contributed by atoms with Crippen molar-refractivity contribution in [1.82, 2.24) is 9.73 Å². The third-order valence-electron chi connectivity index (χ3n) is 4.37. The number of hydrazone groups is 1. The van der Waals surface area contributed by atoms with Crippen LogP contribution in [0.4, 0.5) is 0 Å². The van der Waals surface area contributed by atoms with Crippen LogP contribution in [0.5, 0.6) is 0 Å². The van der Waals surface area contributed by atoms with Gasteiger partial charge in [0.15, 0.2) is 0 Å². The second-order valence-corrected chi connectivity index (χ2v) is 11.4. The van der Waals surface area contributed by atoms with Gasteiger partial charge in [0.05, 0.1) is 27.7 Å². The van der Waals surface area contributed by atoms with Crippen LogP contribution >= 0.6 is 55.1 Å². The van der Waals surface area contributed by atoms with Crippen molar-refractivity contribution < 1.29 is 13.2 Å². The Labute approximate surface area is 218 Å². The lowest BCUT2D eigenvalue weighted by molar-refractivity contribution is -0.121. The van der Waals surface area contributed by atoms with Gasteiger partial charge in [-0.1, -0.05) is 73.3 Å². The minimum absolute atomic E-state index is 0.0520. The Morgan fingerprint density at radius 3 is 2.36 bits per heavy atom. The molecule has 0 aliphatic carbocycles. The van der Waals surface area contributed by atoms with E-state index >= 15 is 0 Å². The number of hydrogen-bond acceptors (Lipinski definition) is 4. The second-order valence-electron chi connectivity index (χ2n) is 6.82. The summed E-state index contributed by atoms with van der Waals surface area (Å²) in [6.07, 6.45) is 1.47. The Hall–Kier alpha value is -1.75. The first-order chi connectivity index (χ1) is 15.6. The van der Waals surface area contributed by atoms with Gasteiger partial charge in [-0.15, -0.1) is 0 Å². The molecule has 0 unspecified atom stereocenters. The molecule has 11 heteroatoms. The smallest absolute Gasteiger partial charge is 0.255 e. The highest BCUT2D eigenvalue weighted by Crippen LogP contribution is 2.25. The number of benzene rings is 3. The van der Waals surface area contributed by atoms with Crippen LogP contribution in [-0.4, -0.2) is 31.4 Å². The van der Waals surface area contributed by atoms with Gasteiger partial charge in [-0.05, 0) is 59.7 Å². The van der Waals surface area contributed by atoms with E-state index in [4.69, 9.17) is 23.2 Å². The van der Waals surface area contributed by atoms with Crippen LogP contribution in [0.1, 0.15) is 11.1 Å². The number of sulfonamides is 1. The molecule has 0 fully saturated rings. The van der Waals surface area contributed by atoms with E-state index in [-0.39, 0.29) is 11.4 Å². The zero-order valence-electron chi connectivity index (χ0n) is 16.9. The van der Waals surface area contributed by atoms with Gasteiger partial charge in [0.25, 0.3) is 5.91 Å². The van der Waals surface area contributed by atoms with Gasteiger partial charge in [-0.2, -0.15) is 9.41 Å². The fraction of sp³-hybridized carbons (Fsp3) is 0.0909. The van der Waals surface area contributed by atoms with E-state index in [9.17, 15) is 13.2 Å². The minimum atomic E-state index is -4.00. The molecule has 0 aromatic heterocycles. The third-order valence-corrected chi connectivity index (χ3v) is 7.93. The molecule has 3 rings (SSSR count). The molecule has 1 amide bonds. The van der Waals surface area contributed by atoms with Crippen molar-refractivity contribution in [3.8, 4) is 0 Å². The van der Waals surface area contributed by atoms with E-state index in [0.717, 1.165) is 18.8 Å². The van der Waals surface area contributed by atoms with Crippen LogP contribution in [0.2, 0.25) is 10.0 Å². The van der Waals surface area contributed by atoms with Crippen molar-refractivity contribution >= 4 is 77.2 Å². The Morgan fingerprint density at radius 1 is 0.970 bits per heavy atom. The van der Waals surface area contributed by atoms with Crippen molar-refractivity contribution in [2.24, 2.45) is 5.10 Å². The van der Waals surface area contributed by atoms with Crippen LogP contribution < -0.4 is 5.43 Å². The summed E-state index contributed by atoms with van der Waals surface area (Å²) in [6, 6.07) is 18.3. The van der Waals surface area contributed by atoms with Gasteiger partial charge in [0.2, 0.25) is 10.0 Å². The Morgan fingerprint density at radius 2 is 1.70 bits per heavy atom. The van der Waals surface area contributed by atoms with E-state index in [1.807, 2.05) is 24.3 Å². The lowest BCUT2D eigenvalue weighted by atomic mass is 10.2. The highest BCUT2D eigenvalue weighted by Gasteiger charge is 2.27. The third kappa shape index (κ3) is 7.37. The molecule has 172 valence electrons. The molecule has 33 heavy (non-hydrogen) atoms. The summed E-state index contributed by atoms with van der Waals surface area (Å²) in [6.45, 7) is -0.535. The van der Waals surface area contributed by atoms with Crippen LogP contribution in [-0.2, 0) is 21.4 Å². The van der Waals surface area contributed by atoms with Crippen LogP contribution in [0.15, 0.2) is 85.7 Å². The van der Waals surface area contributed by atoms with Crippen molar-refractivity contribution in [2.45, 2.75) is 11.4 Å². The molecule has 1 N–H and O–H groups in total. The van der Waals surface area contributed by atoms with Crippen LogP contribution in [0, 0.1) is 0 Å². The number of carbonyl (C=O) groups is 1. The standard InChI is InChI=1S/C22H17Br2Cl2N3O3S/c23-17-5-7-19(8-6-17)33(31,32)29(13-16-4-9-20(25)21(26)11-16)14-22(30)28-27-12-15-2-1-3-18(24)10-15/h1-12H,13-14H2,(H,28,30)/b27-12+. The van der Waals surface area contributed by atoms with Crippen LogP contribution in [0.3, 0.4) is 0 Å². The quantitative estimate of drug-likeness (QED) is 0.249. The summed E-state index contributed by atoms with van der Waals surface area (Å²) in [7, 11) is -4.00. The van der Waals surface area contributed by atoms with E-state index < -0.39 is 22.5 Å². The number of hydrogen-bond donors (Lipinski definition) is 1. The first kappa shape index (κ1) is 25.9. The summed E-state index contributed by atoms with van der Waals surface area (Å²) in [5.74, 6) is -0.595. The normalized spacial score (nSPS) is 11.8. The Balaban J connectivity index is 1.81. The largest absolute Gasteiger partial charge is 0.272 e. The molecule has 0 radical (unpaired) electrons. The Bertz CT molecular complexity index is 1290. The summed E-state index contributed by atoms with van der Waals surface area (Å²) < 4.78 is 29.2. The van der Waals surface area contributed by atoms with Crippen molar-refractivity contribution in [3.63, 3.8) is 0 Å². The summed E-state index contributed by atoms with van der Waals surface area (Å²) in [5.41, 5.74) is 3.72. The average molecular weight is 634 g/mol. The number of carbonyl (C=O) groups excluding carboxylic acids is 1. The molecular formula is C22H17Br2Cl2N3O3S. The molecule has 0 atom stereocenters. The molecular weight excluding hydrogens is 617 g/mol. The molecule has 0 spiro atoms. The highest BCUT2D eigenvalue weighted by molar-refractivity contribution is 9.10. The topological polar surface area (TPSA) is 78.8 Å². The fourth-order valence-corrected chi connectivity index (χ4v) is 5.17. The van der Waals surface area contributed by atoms with Gasteiger partial charge in [0, 0.05) is 15.5 Å². The first-order valence-electron chi connectivity index (χ1n) is 9.42. The molecule has 0 saturated heterocycles. The van der Waals surface area contributed by atoms with Crippen LogP contribution in [0.25, 0.3) is 0 Å². The highest BCUT2D eigenvalue weighted by atomic mass is 79.9. The van der Waals surface area contributed by atoms with Gasteiger partial charge in [-0.25, -0.2) is 13.8 Å². The Kier molecular flexibility index (Phi) is 9.09. The summed E-state index contributed by atoms with van der Waals surface area (Å²) in [5, 5.41) is 4.56. The molecule has 3 aromatic carbocycles. The maximum atomic E-state index is 13.3. The second kappa shape index (κ2) is 11.6. The lowest BCUT2D eigenvalue weighted by Crippen LogP contribution is -2.39. The fourth-order valence-electron chi connectivity index (χ4n) is 2.78. The predicted octanol–water partition coefficient (Wildman–Crippen LogP) is 5.86. The molecule has 0 aliphatic heterocycles. The number of rotatable bonds is 8. The maximum absolute atomic E-state index is 13.3. The first-order valence-corrected chi connectivity index (χ1v) is 13.2. The minimum Gasteiger partial charge on any atom is -0.272 e. The molecule has 0 saturated carbocycles. The van der Waals surface area contributed by atoms with E-state index in [1.165, 1.54) is 18.3 Å². The van der Waals surface area contributed by atoms with Gasteiger partial charge in [0.1, 0.15) is 0 Å². The summed E-state index contributed by atoms with van der Waals surface area (Å²) >= 11 is 18.7. The molecule has 0 aliphatic rings.